The van der Waals surface area contributed by atoms with Crippen LogP contribution in [-0.2, 0) is 4.74 Å². The van der Waals surface area contributed by atoms with E-state index in [4.69, 9.17) is 32.2 Å². The van der Waals surface area contributed by atoms with Gasteiger partial charge in [0.05, 0.1) is 24.3 Å². The van der Waals surface area contributed by atoms with Gasteiger partial charge in [-0.05, 0) is 25.0 Å². The molecule has 1 aromatic rings. The molecule has 2 heterocycles. The second kappa shape index (κ2) is 7.78. The highest BCUT2D eigenvalue weighted by Crippen LogP contribution is 2.38. The molecule has 0 bridgehead atoms. The largest absolute Gasteiger partial charge is 0.489 e. The zero-order valence-corrected chi connectivity index (χ0v) is 14.2. The van der Waals surface area contributed by atoms with E-state index in [0.29, 0.717) is 55.0 Å². The summed E-state index contributed by atoms with van der Waals surface area (Å²) in [6.07, 6.45) is 7.68. The average Bonchev–Trinajstić information content (AvgIpc) is 2.85. The lowest BCUT2D eigenvalue weighted by molar-refractivity contribution is 0.0230. The third-order valence-electron chi connectivity index (χ3n) is 4.18. The third-order valence-corrected chi connectivity index (χ3v) is 4.46. The van der Waals surface area contributed by atoms with E-state index in [1.54, 1.807) is 12.1 Å². The predicted molar refractivity (Wildman–Crippen MR) is 90.8 cm³/mol. The summed E-state index contributed by atoms with van der Waals surface area (Å²) in [4.78, 5) is 14.6. The molecule has 5 nitrogen and oxygen atoms in total. The number of rotatable bonds is 3. The number of fused-ring (bicyclic) bond motifs is 1. The SMILES string of the molecule is C#CCOC1CCN(C(=O)c2cc(Cl)c3c(c2)OCCCO3)CC1. The normalized spacial score (nSPS) is 17.9. The van der Waals surface area contributed by atoms with E-state index in [9.17, 15) is 4.79 Å². The summed E-state index contributed by atoms with van der Waals surface area (Å²) in [6, 6.07) is 3.37. The molecule has 1 fully saturated rings. The number of piperidine rings is 1. The van der Waals surface area contributed by atoms with Gasteiger partial charge in [0.25, 0.3) is 5.91 Å². The number of terminal acetylenes is 1. The summed E-state index contributed by atoms with van der Waals surface area (Å²) in [5, 5.41) is 0.407. The van der Waals surface area contributed by atoms with Crippen molar-refractivity contribution in [3.63, 3.8) is 0 Å². The van der Waals surface area contributed by atoms with Crippen LogP contribution in [0.4, 0.5) is 0 Å². The van der Waals surface area contributed by atoms with E-state index >= 15 is 0 Å². The molecule has 0 spiro atoms. The van der Waals surface area contributed by atoms with Crippen LogP contribution in [0.3, 0.4) is 0 Å². The number of nitrogens with zero attached hydrogens (tertiary/aromatic N) is 1. The van der Waals surface area contributed by atoms with Crippen molar-refractivity contribution in [2.24, 2.45) is 0 Å². The molecule has 1 aromatic carbocycles. The van der Waals surface area contributed by atoms with Gasteiger partial charge in [-0.2, -0.15) is 0 Å². The first kappa shape index (κ1) is 16.9. The minimum atomic E-state index is -0.0528. The number of hydrogen-bond donors (Lipinski definition) is 0. The predicted octanol–water partition coefficient (Wildman–Crippen LogP) is 2.76. The highest BCUT2D eigenvalue weighted by atomic mass is 35.5. The van der Waals surface area contributed by atoms with E-state index in [-0.39, 0.29) is 12.0 Å². The highest BCUT2D eigenvalue weighted by molar-refractivity contribution is 6.32. The lowest BCUT2D eigenvalue weighted by Crippen LogP contribution is -2.41. The molecule has 24 heavy (non-hydrogen) atoms. The monoisotopic (exact) mass is 349 g/mol. The number of benzene rings is 1. The van der Waals surface area contributed by atoms with Gasteiger partial charge in [0.15, 0.2) is 11.5 Å². The molecule has 0 N–H and O–H groups in total. The number of hydrogen-bond acceptors (Lipinski definition) is 4. The van der Waals surface area contributed by atoms with Crippen molar-refractivity contribution < 1.29 is 19.0 Å². The topological polar surface area (TPSA) is 48.0 Å². The van der Waals surface area contributed by atoms with E-state index in [2.05, 4.69) is 5.92 Å². The number of amides is 1. The van der Waals surface area contributed by atoms with E-state index in [0.717, 1.165) is 19.3 Å². The molecule has 1 amide bonds. The summed E-state index contributed by atoms with van der Waals surface area (Å²) < 4.78 is 16.8. The molecule has 6 heteroatoms. The Kier molecular flexibility index (Phi) is 5.49. The maximum absolute atomic E-state index is 12.7. The van der Waals surface area contributed by atoms with Gasteiger partial charge in [-0.1, -0.05) is 17.5 Å². The van der Waals surface area contributed by atoms with Crippen LogP contribution < -0.4 is 9.47 Å². The minimum Gasteiger partial charge on any atom is -0.489 e. The van der Waals surface area contributed by atoms with Gasteiger partial charge in [-0.15, -0.1) is 6.42 Å². The standard InChI is InChI=1S/C18H20ClNO4/c1-2-8-22-14-4-6-20(7-5-14)18(21)13-11-15(19)17-16(12-13)23-9-3-10-24-17/h1,11-12,14H,3-10H2. The van der Waals surface area contributed by atoms with Crippen molar-refractivity contribution in [2.75, 3.05) is 32.9 Å². The number of ether oxygens (including phenoxy) is 3. The van der Waals surface area contributed by atoms with Crippen LogP contribution in [0.5, 0.6) is 11.5 Å². The Morgan fingerprint density at radius 1 is 1.33 bits per heavy atom. The lowest BCUT2D eigenvalue weighted by atomic mass is 10.1. The van der Waals surface area contributed by atoms with Gasteiger partial charge in [0, 0.05) is 25.1 Å². The number of carbonyl (C=O) groups excluding carboxylic acids is 1. The lowest BCUT2D eigenvalue weighted by Gasteiger charge is -2.31. The quantitative estimate of drug-likeness (QED) is 0.787. The highest BCUT2D eigenvalue weighted by Gasteiger charge is 2.26. The smallest absolute Gasteiger partial charge is 0.254 e. The van der Waals surface area contributed by atoms with Crippen molar-refractivity contribution in [1.29, 1.82) is 0 Å². The van der Waals surface area contributed by atoms with Gasteiger partial charge in [0.1, 0.15) is 6.61 Å². The summed E-state index contributed by atoms with van der Waals surface area (Å²) in [6.45, 7) is 2.71. The summed E-state index contributed by atoms with van der Waals surface area (Å²) in [5.74, 6) is 3.48. The summed E-state index contributed by atoms with van der Waals surface area (Å²) >= 11 is 6.27. The van der Waals surface area contributed by atoms with Crippen LogP contribution in [-0.4, -0.2) is 49.8 Å². The van der Waals surface area contributed by atoms with Crippen molar-refractivity contribution >= 4 is 17.5 Å². The average molecular weight is 350 g/mol. The maximum Gasteiger partial charge on any atom is 0.254 e. The van der Waals surface area contributed by atoms with Gasteiger partial charge in [-0.3, -0.25) is 4.79 Å². The fourth-order valence-corrected chi connectivity index (χ4v) is 3.19. The molecule has 0 aliphatic carbocycles. The number of carbonyl (C=O) groups is 1. The van der Waals surface area contributed by atoms with E-state index in [1.807, 2.05) is 4.90 Å². The molecule has 2 aliphatic rings. The fraction of sp³-hybridized carbons (Fsp3) is 0.500. The van der Waals surface area contributed by atoms with Gasteiger partial charge in [-0.25, -0.2) is 0 Å². The molecule has 0 aromatic heterocycles. The number of likely N-dealkylation sites (tertiary alicyclic amines) is 1. The Bertz CT molecular complexity index is 647. The van der Waals surface area contributed by atoms with Crippen molar-refractivity contribution in [2.45, 2.75) is 25.4 Å². The van der Waals surface area contributed by atoms with Crippen LogP contribution in [0.25, 0.3) is 0 Å². The van der Waals surface area contributed by atoms with Crippen LogP contribution in [0, 0.1) is 12.3 Å². The molecular formula is C18H20ClNO4. The van der Waals surface area contributed by atoms with Gasteiger partial charge >= 0.3 is 0 Å². The molecule has 3 rings (SSSR count). The van der Waals surface area contributed by atoms with Crippen molar-refractivity contribution in [1.82, 2.24) is 4.90 Å². The maximum atomic E-state index is 12.7. The molecule has 1 saturated heterocycles. The van der Waals surface area contributed by atoms with Crippen LogP contribution in [0.2, 0.25) is 5.02 Å². The van der Waals surface area contributed by atoms with Crippen molar-refractivity contribution in [3.05, 3.63) is 22.7 Å². The first-order chi connectivity index (χ1) is 11.7. The summed E-state index contributed by atoms with van der Waals surface area (Å²) in [5.41, 5.74) is 0.521. The number of halogens is 1. The zero-order valence-electron chi connectivity index (χ0n) is 13.4. The van der Waals surface area contributed by atoms with Gasteiger partial charge < -0.3 is 19.1 Å². The third kappa shape index (κ3) is 3.77. The Hall–Kier alpha value is -1.90. The Morgan fingerprint density at radius 3 is 2.83 bits per heavy atom. The Morgan fingerprint density at radius 2 is 2.08 bits per heavy atom. The fourth-order valence-electron chi connectivity index (χ4n) is 2.93. The molecule has 0 atom stereocenters. The van der Waals surface area contributed by atoms with Crippen molar-refractivity contribution in [3.8, 4) is 23.8 Å². The molecule has 128 valence electrons. The second-order valence-corrected chi connectivity index (χ2v) is 6.25. The first-order valence-electron chi connectivity index (χ1n) is 8.12. The van der Waals surface area contributed by atoms with E-state index in [1.165, 1.54) is 0 Å². The Balaban J connectivity index is 1.69. The second-order valence-electron chi connectivity index (χ2n) is 5.84. The van der Waals surface area contributed by atoms with Gasteiger partial charge in [0.2, 0.25) is 0 Å². The molecule has 2 aliphatic heterocycles. The molecular weight excluding hydrogens is 330 g/mol. The summed E-state index contributed by atoms with van der Waals surface area (Å²) in [7, 11) is 0. The molecule has 0 saturated carbocycles. The van der Waals surface area contributed by atoms with Crippen LogP contribution in [0.15, 0.2) is 12.1 Å². The molecule has 0 radical (unpaired) electrons. The zero-order chi connectivity index (χ0) is 16.9. The van der Waals surface area contributed by atoms with Crippen LogP contribution >= 0.6 is 11.6 Å². The van der Waals surface area contributed by atoms with Crippen LogP contribution in [0.1, 0.15) is 29.6 Å². The minimum absolute atomic E-state index is 0.0528. The Labute approximate surface area is 146 Å². The van der Waals surface area contributed by atoms with E-state index < -0.39 is 0 Å². The molecule has 0 unspecified atom stereocenters. The first-order valence-corrected chi connectivity index (χ1v) is 8.50.